The number of hydrogen-bond acceptors (Lipinski definition) is 2. The van der Waals surface area contributed by atoms with Gasteiger partial charge in [-0.2, -0.15) is 30.7 Å². The topological polar surface area (TPSA) is 38.3 Å². The summed E-state index contributed by atoms with van der Waals surface area (Å²) in [5.74, 6) is -10.9. The molecule has 0 spiro atoms. The third kappa shape index (κ3) is 3.95. The summed E-state index contributed by atoms with van der Waals surface area (Å²) in [6, 6.07) is 1.40. The molecule has 1 rings (SSSR count). The maximum Gasteiger partial charge on any atom is 0.463 e. The fourth-order valence-electron chi connectivity index (χ4n) is 1.11. The van der Waals surface area contributed by atoms with Crippen LogP contribution in [0.1, 0.15) is 0 Å². The second kappa shape index (κ2) is 5.74. The van der Waals surface area contributed by atoms with Crippen LogP contribution >= 0.6 is 0 Å². The third-order valence-corrected chi connectivity index (χ3v) is 2.05. The minimum absolute atomic E-state index is 0.252. The van der Waals surface area contributed by atoms with Gasteiger partial charge in [-0.25, -0.2) is 4.39 Å². The first-order valence-corrected chi connectivity index (χ1v) is 4.95. The van der Waals surface area contributed by atoms with Crippen molar-refractivity contribution in [2.75, 3.05) is 5.32 Å². The minimum Gasteiger partial charge on any atom is -0.432 e. The lowest BCUT2D eigenvalue weighted by Crippen LogP contribution is -2.47. The summed E-state index contributed by atoms with van der Waals surface area (Å²) in [5.41, 5.74) is -0.789. The number of carbonyl (C=O) groups excluding carboxylic acids is 1. The van der Waals surface area contributed by atoms with E-state index >= 15 is 0 Å². The Morgan fingerprint density at radius 1 is 1.14 bits per heavy atom. The zero-order chi connectivity index (χ0) is 16.4. The van der Waals surface area contributed by atoms with Crippen LogP contribution < -0.4 is 10.1 Å². The van der Waals surface area contributed by atoms with Gasteiger partial charge in [0, 0.05) is 11.8 Å². The quantitative estimate of drug-likeness (QED) is 0.861. The van der Waals surface area contributed by atoms with Crippen LogP contribution in [0.25, 0.3) is 0 Å². The van der Waals surface area contributed by atoms with Gasteiger partial charge in [-0.3, -0.25) is 4.79 Å². The average Bonchev–Trinajstić information content (AvgIpc) is 2.30. The molecular weight excluding hydrogens is 318 g/mol. The Labute approximate surface area is 111 Å². The number of nitrogens with one attached hydrogen (secondary N) is 1. The Balaban J connectivity index is 2.90. The third-order valence-electron chi connectivity index (χ3n) is 2.05. The molecule has 1 aromatic carbocycles. The molecule has 0 fully saturated rings. The minimum atomic E-state index is -6.13. The molecule has 0 aromatic heterocycles. The highest BCUT2D eigenvalue weighted by atomic mass is 19.4. The van der Waals surface area contributed by atoms with Gasteiger partial charge in [0.05, 0.1) is 0 Å². The molecule has 1 N–H and O–H groups in total. The van der Waals surface area contributed by atoms with E-state index in [9.17, 15) is 39.9 Å². The molecule has 0 heterocycles. The molecule has 0 aliphatic heterocycles. The fraction of sp³-hybridized carbons (Fsp3) is 0.300. The second-order valence-electron chi connectivity index (χ2n) is 3.55. The molecule has 0 atom stereocenters. The van der Waals surface area contributed by atoms with E-state index in [1.807, 2.05) is 0 Å². The molecule has 0 saturated heterocycles. The van der Waals surface area contributed by atoms with Crippen molar-refractivity contribution in [2.45, 2.75) is 18.7 Å². The van der Waals surface area contributed by atoms with Gasteiger partial charge in [0.15, 0.2) is 11.6 Å². The molecule has 0 aliphatic rings. The van der Waals surface area contributed by atoms with Gasteiger partial charge in [0.25, 0.3) is 0 Å². The maximum absolute atomic E-state index is 13.2. The lowest BCUT2D eigenvalue weighted by Gasteiger charge is -2.18. The van der Waals surface area contributed by atoms with E-state index in [0.29, 0.717) is 12.1 Å². The number of hydrogen-bond donors (Lipinski definition) is 1. The average molecular weight is 323 g/mol. The summed E-state index contributed by atoms with van der Waals surface area (Å²) < 4.78 is 101. The number of halogens is 8. The first-order chi connectivity index (χ1) is 9.45. The summed E-state index contributed by atoms with van der Waals surface area (Å²) >= 11 is 0. The van der Waals surface area contributed by atoms with Gasteiger partial charge in [-0.1, -0.05) is 0 Å². The zero-order valence-electron chi connectivity index (χ0n) is 9.65. The molecule has 118 valence electrons. The summed E-state index contributed by atoms with van der Waals surface area (Å²) in [6.45, 7) is -3.37. The van der Waals surface area contributed by atoms with Gasteiger partial charge in [-0.15, -0.1) is 0 Å². The van der Waals surface area contributed by atoms with E-state index in [1.54, 1.807) is 0 Å². The van der Waals surface area contributed by atoms with Gasteiger partial charge in [-0.05, 0) is 12.1 Å². The van der Waals surface area contributed by atoms with Gasteiger partial charge in [0.1, 0.15) is 0 Å². The Hall–Kier alpha value is -2.07. The summed E-state index contributed by atoms with van der Waals surface area (Å²) in [6.07, 6.45) is -6.13. The molecule has 1 aromatic rings. The Bertz CT molecular complexity index is 528. The van der Waals surface area contributed by atoms with E-state index in [2.05, 4.69) is 4.74 Å². The lowest BCUT2D eigenvalue weighted by molar-refractivity contribution is -0.267. The molecular formula is C10H5F8NO2. The van der Waals surface area contributed by atoms with Crippen molar-refractivity contribution < 1.29 is 44.7 Å². The van der Waals surface area contributed by atoms with E-state index < -0.39 is 41.9 Å². The fourth-order valence-corrected chi connectivity index (χ4v) is 1.11. The summed E-state index contributed by atoms with van der Waals surface area (Å²) in [5, 5.41) is 1.12. The van der Waals surface area contributed by atoms with Crippen LogP contribution in [0, 0.1) is 5.82 Å². The molecule has 0 bridgehead atoms. The van der Waals surface area contributed by atoms with Crippen molar-refractivity contribution in [1.29, 1.82) is 0 Å². The van der Waals surface area contributed by atoms with Crippen molar-refractivity contribution in [3.8, 4) is 5.75 Å². The summed E-state index contributed by atoms with van der Waals surface area (Å²) in [4.78, 5) is 10.8. The van der Waals surface area contributed by atoms with Gasteiger partial charge < -0.3 is 10.1 Å². The van der Waals surface area contributed by atoms with Crippen LogP contribution in [0.15, 0.2) is 18.2 Å². The first-order valence-electron chi connectivity index (χ1n) is 4.95. The highest BCUT2D eigenvalue weighted by molar-refractivity contribution is 5.96. The molecule has 0 unspecified atom stereocenters. The van der Waals surface area contributed by atoms with E-state index in [-0.39, 0.29) is 6.07 Å². The predicted octanol–water partition coefficient (Wildman–Crippen LogP) is 3.56. The van der Waals surface area contributed by atoms with Crippen LogP contribution in [0.3, 0.4) is 0 Å². The number of carbonyl (C=O) groups is 1. The van der Waals surface area contributed by atoms with Crippen molar-refractivity contribution in [3.05, 3.63) is 24.0 Å². The van der Waals surface area contributed by atoms with Crippen LogP contribution in [0.2, 0.25) is 0 Å². The standard InChI is InChI=1S/C10H5F8NO2/c11-5-3-4(1-2-6(5)21-8(12)13)19-7(20)9(14,15)10(16,17)18/h1-3,8H,(H,19,20). The smallest absolute Gasteiger partial charge is 0.432 e. The normalized spacial score (nSPS) is 12.4. The van der Waals surface area contributed by atoms with E-state index in [1.165, 1.54) is 0 Å². The molecule has 1 amide bonds. The van der Waals surface area contributed by atoms with Crippen molar-refractivity contribution in [1.82, 2.24) is 0 Å². The number of amides is 1. The van der Waals surface area contributed by atoms with Crippen LogP contribution in [0.5, 0.6) is 5.75 Å². The Morgan fingerprint density at radius 3 is 2.14 bits per heavy atom. The highest BCUT2D eigenvalue weighted by Crippen LogP contribution is 2.36. The SMILES string of the molecule is O=C(Nc1ccc(OC(F)F)c(F)c1)C(F)(F)C(F)(F)F. The van der Waals surface area contributed by atoms with Crippen molar-refractivity contribution in [3.63, 3.8) is 0 Å². The number of alkyl halides is 7. The largest absolute Gasteiger partial charge is 0.463 e. The molecule has 0 radical (unpaired) electrons. The number of anilines is 1. The number of benzene rings is 1. The first kappa shape index (κ1) is 17.0. The van der Waals surface area contributed by atoms with Crippen LogP contribution in [-0.2, 0) is 4.79 Å². The highest BCUT2D eigenvalue weighted by Gasteiger charge is 2.63. The molecule has 0 aliphatic carbocycles. The van der Waals surface area contributed by atoms with E-state index in [4.69, 9.17) is 0 Å². The predicted molar refractivity (Wildman–Crippen MR) is 52.7 cm³/mol. The summed E-state index contributed by atoms with van der Waals surface area (Å²) in [7, 11) is 0. The molecule has 21 heavy (non-hydrogen) atoms. The van der Waals surface area contributed by atoms with Gasteiger partial charge >= 0.3 is 24.6 Å². The Morgan fingerprint density at radius 2 is 1.71 bits per heavy atom. The lowest BCUT2D eigenvalue weighted by atomic mass is 10.2. The molecule has 11 heteroatoms. The Kier molecular flexibility index (Phi) is 4.64. The second-order valence-corrected chi connectivity index (χ2v) is 3.55. The van der Waals surface area contributed by atoms with Crippen molar-refractivity contribution >= 4 is 11.6 Å². The maximum atomic E-state index is 13.2. The van der Waals surface area contributed by atoms with Crippen molar-refractivity contribution in [2.24, 2.45) is 0 Å². The number of ether oxygens (including phenoxy) is 1. The van der Waals surface area contributed by atoms with Crippen LogP contribution in [0.4, 0.5) is 40.8 Å². The zero-order valence-corrected chi connectivity index (χ0v) is 9.65. The molecule has 3 nitrogen and oxygen atoms in total. The monoisotopic (exact) mass is 323 g/mol. The van der Waals surface area contributed by atoms with Gasteiger partial charge in [0.2, 0.25) is 0 Å². The number of rotatable bonds is 4. The molecule has 0 saturated carbocycles. The van der Waals surface area contributed by atoms with Crippen LogP contribution in [-0.4, -0.2) is 24.6 Å². The van der Waals surface area contributed by atoms with E-state index in [0.717, 1.165) is 5.32 Å².